The zero-order valence-electron chi connectivity index (χ0n) is 16.6. The lowest BCUT2D eigenvalue weighted by atomic mass is 9.75. The number of rotatable bonds is 3. The number of halogens is 2. The number of nitrogens with zero attached hydrogens (tertiary/aromatic N) is 1. The highest BCUT2D eigenvalue weighted by atomic mass is 35.5. The van der Waals surface area contributed by atoms with E-state index in [-0.39, 0.29) is 0 Å². The Labute approximate surface area is 180 Å². The fourth-order valence-corrected chi connectivity index (χ4v) is 4.03. The third kappa shape index (κ3) is 4.58. The number of benzene rings is 2. The lowest BCUT2D eigenvalue weighted by Gasteiger charge is -2.40. The van der Waals surface area contributed by atoms with E-state index in [1.807, 2.05) is 30.3 Å². The number of carbonyl (C=O) groups is 1. The highest BCUT2D eigenvalue weighted by molar-refractivity contribution is 6.36. The quantitative estimate of drug-likeness (QED) is 0.674. The van der Waals surface area contributed by atoms with Gasteiger partial charge in [-0.3, -0.25) is 4.79 Å². The van der Waals surface area contributed by atoms with Crippen LogP contribution in [-0.2, 0) is 14.4 Å². The zero-order chi connectivity index (χ0) is 21.4. The van der Waals surface area contributed by atoms with E-state index in [2.05, 4.69) is 5.16 Å². The van der Waals surface area contributed by atoms with Gasteiger partial charge >= 0.3 is 5.97 Å². The fraction of sp³-hybridized carbons (Fsp3) is 0.364. The topological polar surface area (TPSA) is 68.1 Å². The van der Waals surface area contributed by atoms with Crippen LogP contribution in [0.3, 0.4) is 0 Å². The van der Waals surface area contributed by atoms with Crippen molar-refractivity contribution >= 4 is 34.9 Å². The van der Waals surface area contributed by atoms with Crippen molar-refractivity contribution in [1.82, 2.24) is 0 Å². The van der Waals surface area contributed by atoms with E-state index in [9.17, 15) is 9.90 Å². The van der Waals surface area contributed by atoms with E-state index in [1.165, 1.54) is 6.92 Å². The molecule has 1 heterocycles. The van der Waals surface area contributed by atoms with Crippen molar-refractivity contribution in [2.45, 2.75) is 45.0 Å². The van der Waals surface area contributed by atoms with Gasteiger partial charge < -0.3 is 14.7 Å². The summed E-state index contributed by atoms with van der Waals surface area (Å²) in [6.45, 7) is 6.65. The molecule has 0 aliphatic carbocycles. The number of hydrogen-bond acceptors (Lipinski definition) is 5. The molecule has 0 aromatic heterocycles. The molecule has 5 nitrogen and oxygen atoms in total. The second kappa shape index (κ2) is 7.98. The van der Waals surface area contributed by atoms with Crippen LogP contribution in [0.1, 0.15) is 44.7 Å². The van der Waals surface area contributed by atoms with Gasteiger partial charge in [-0.1, -0.05) is 64.8 Å². The molecule has 0 spiro atoms. The number of aliphatic hydroxyl groups is 1. The molecule has 0 radical (unpaired) electrons. The fourth-order valence-electron chi connectivity index (χ4n) is 3.39. The van der Waals surface area contributed by atoms with Gasteiger partial charge in [0.25, 0.3) is 0 Å². The van der Waals surface area contributed by atoms with Gasteiger partial charge in [-0.15, -0.1) is 0 Å². The molecule has 3 atom stereocenters. The molecule has 0 saturated heterocycles. The highest BCUT2D eigenvalue weighted by Gasteiger charge is 2.53. The van der Waals surface area contributed by atoms with E-state index in [0.29, 0.717) is 21.3 Å². The van der Waals surface area contributed by atoms with Crippen molar-refractivity contribution < 1.29 is 19.5 Å². The summed E-state index contributed by atoms with van der Waals surface area (Å²) in [5, 5.41) is 15.8. The first-order chi connectivity index (χ1) is 13.5. The first-order valence-electron chi connectivity index (χ1n) is 9.22. The minimum atomic E-state index is -1.92. The Balaban J connectivity index is 2.23. The van der Waals surface area contributed by atoms with Crippen LogP contribution < -0.4 is 0 Å². The molecular weight excluding hydrogens is 413 g/mol. The molecule has 2 aromatic rings. The van der Waals surface area contributed by atoms with Gasteiger partial charge in [0.1, 0.15) is 11.5 Å². The second-order valence-electron chi connectivity index (χ2n) is 8.11. The summed E-state index contributed by atoms with van der Waals surface area (Å²) in [6.07, 6.45) is 0. The first-order valence-corrected chi connectivity index (χ1v) is 9.97. The van der Waals surface area contributed by atoms with Gasteiger partial charge in [-0.2, -0.15) is 0 Å². The Morgan fingerprint density at radius 3 is 2.24 bits per heavy atom. The van der Waals surface area contributed by atoms with Crippen LogP contribution >= 0.6 is 23.2 Å². The van der Waals surface area contributed by atoms with Crippen molar-refractivity contribution in [2.24, 2.45) is 11.1 Å². The van der Waals surface area contributed by atoms with Crippen molar-refractivity contribution in [1.29, 1.82) is 0 Å². The van der Waals surface area contributed by atoms with Crippen molar-refractivity contribution in [2.75, 3.05) is 0 Å². The SMILES string of the molecule is CC(C)(C)OC(=O)C1C(c2c(Cl)cccc2Cl)C(c2ccccc2)=NOC1(C)O. The smallest absolute Gasteiger partial charge is 0.317 e. The third-order valence-corrected chi connectivity index (χ3v) is 5.23. The predicted molar refractivity (Wildman–Crippen MR) is 113 cm³/mol. The molecule has 29 heavy (non-hydrogen) atoms. The largest absolute Gasteiger partial charge is 0.460 e. The van der Waals surface area contributed by atoms with Crippen molar-refractivity contribution in [3.8, 4) is 0 Å². The summed E-state index contributed by atoms with van der Waals surface area (Å²) in [7, 11) is 0. The van der Waals surface area contributed by atoms with E-state index >= 15 is 0 Å². The highest BCUT2D eigenvalue weighted by Crippen LogP contribution is 2.46. The predicted octanol–water partition coefficient (Wildman–Crippen LogP) is 5.18. The minimum Gasteiger partial charge on any atom is -0.460 e. The van der Waals surface area contributed by atoms with Crippen LogP contribution in [0, 0.1) is 5.92 Å². The van der Waals surface area contributed by atoms with Gasteiger partial charge in [-0.25, -0.2) is 0 Å². The summed E-state index contributed by atoms with van der Waals surface area (Å²) in [5.74, 6) is -4.48. The molecule has 3 rings (SSSR count). The maximum atomic E-state index is 13.2. The second-order valence-corrected chi connectivity index (χ2v) is 8.93. The molecule has 1 N–H and O–H groups in total. The Bertz CT molecular complexity index is 915. The summed E-state index contributed by atoms with van der Waals surface area (Å²) >= 11 is 13.0. The Kier molecular flexibility index (Phi) is 5.95. The normalized spacial score (nSPS) is 24.4. The van der Waals surface area contributed by atoms with Gasteiger partial charge in [0.15, 0.2) is 0 Å². The maximum absolute atomic E-state index is 13.2. The van der Waals surface area contributed by atoms with E-state index in [1.54, 1.807) is 39.0 Å². The summed E-state index contributed by atoms with van der Waals surface area (Å²) in [5.41, 5.74) is 0.877. The standard InChI is InChI=1S/C22H23Cl2NO4/c1-21(2,3)28-20(26)18-17(16-14(23)11-8-12-15(16)24)19(25-29-22(18,4)27)13-9-6-5-7-10-13/h5-12,17-18,27H,1-4H3. The van der Waals surface area contributed by atoms with Crippen LogP contribution in [0.25, 0.3) is 0 Å². The molecule has 0 bridgehead atoms. The average Bonchev–Trinajstić information content (AvgIpc) is 2.60. The van der Waals surface area contributed by atoms with Gasteiger partial charge in [0.2, 0.25) is 5.79 Å². The van der Waals surface area contributed by atoms with Crippen LogP contribution in [-0.4, -0.2) is 28.2 Å². The molecular formula is C22H23Cl2NO4. The van der Waals surface area contributed by atoms with E-state index in [4.69, 9.17) is 32.8 Å². The van der Waals surface area contributed by atoms with Crippen molar-refractivity contribution in [3.63, 3.8) is 0 Å². The Hall–Kier alpha value is -2.08. The number of hydrogen-bond donors (Lipinski definition) is 1. The van der Waals surface area contributed by atoms with Crippen molar-refractivity contribution in [3.05, 3.63) is 69.7 Å². The first kappa shape index (κ1) is 21.6. The van der Waals surface area contributed by atoms with Crippen LogP contribution in [0.15, 0.2) is 53.7 Å². The van der Waals surface area contributed by atoms with Gasteiger partial charge in [0.05, 0.1) is 11.6 Å². The lowest BCUT2D eigenvalue weighted by molar-refractivity contribution is -0.242. The van der Waals surface area contributed by atoms with Crippen LogP contribution in [0.2, 0.25) is 10.0 Å². The third-order valence-electron chi connectivity index (χ3n) is 4.57. The number of carbonyl (C=O) groups excluding carboxylic acids is 1. The molecule has 1 aliphatic heterocycles. The Morgan fingerprint density at radius 1 is 1.10 bits per heavy atom. The van der Waals surface area contributed by atoms with E-state index < -0.39 is 29.2 Å². The monoisotopic (exact) mass is 435 g/mol. The summed E-state index contributed by atoms with van der Waals surface area (Å²) < 4.78 is 5.61. The van der Waals surface area contributed by atoms with Crippen LogP contribution in [0.4, 0.5) is 0 Å². The van der Waals surface area contributed by atoms with Gasteiger partial charge in [0, 0.05) is 17.0 Å². The average molecular weight is 436 g/mol. The van der Waals surface area contributed by atoms with Gasteiger partial charge in [-0.05, 0) is 44.0 Å². The zero-order valence-corrected chi connectivity index (χ0v) is 18.2. The molecule has 7 heteroatoms. The summed E-state index contributed by atoms with van der Waals surface area (Å²) in [4.78, 5) is 18.6. The molecule has 0 amide bonds. The maximum Gasteiger partial charge on any atom is 0.317 e. The molecule has 154 valence electrons. The van der Waals surface area contributed by atoms with Crippen LogP contribution in [0.5, 0.6) is 0 Å². The molecule has 1 aliphatic rings. The molecule has 0 saturated carbocycles. The number of oxime groups is 1. The molecule has 2 aromatic carbocycles. The number of ether oxygens (including phenoxy) is 1. The summed E-state index contributed by atoms with van der Waals surface area (Å²) in [6, 6.07) is 14.3. The Morgan fingerprint density at radius 2 is 1.69 bits per heavy atom. The minimum absolute atomic E-state index is 0.359. The molecule has 0 fully saturated rings. The lowest BCUT2D eigenvalue weighted by Crippen LogP contribution is -2.51. The van der Waals surface area contributed by atoms with E-state index in [0.717, 1.165) is 5.56 Å². The molecule has 3 unspecified atom stereocenters. The number of esters is 1.